The number of amides is 1. The van der Waals surface area contributed by atoms with Crippen molar-refractivity contribution < 1.29 is 9.53 Å². The number of nitrogens with two attached hydrogens (primary N) is 1. The highest BCUT2D eigenvalue weighted by Gasteiger charge is 2.26. The number of benzene rings is 1. The van der Waals surface area contributed by atoms with Gasteiger partial charge in [0.05, 0.1) is 11.4 Å². The number of halogens is 1. The topological polar surface area (TPSA) is 108 Å². The van der Waals surface area contributed by atoms with Gasteiger partial charge >= 0.3 is 6.09 Å². The molecule has 3 N–H and O–H groups in total. The number of anilines is 1. The van der Waals surface area contributed by atoms with Crippen molar-refractivity contribution in [3.05, 3.63) is 47.4 Å². The summed E-state index contributed by atoms with van der Waals surface area (Å²) in [5.74, 6) is 0.399. The zero-order valence-corrected chi connectivity index (χ0v) is 16.0. The van der Waals surface area contributed by atoms with Crippen LogP contribution in [0.4, 0.5) is 10.6 Å². The van der Waals surface area contributed by atoms with Gasteiger partial charge in [0, 0.05) is 12.2 Å². The molecule has 0 unspecified atom stereocenters. The number of nitrogens with one attached hydrogen (secondary N) is 1. The summed E-state index contributed by atoms with van der Waals surface area (Å²) in [5, 5.41) is 8.25. The van der Waals surface area contributed by atoms with Crippen LogP contribution in [-0.4, -0.2) is 31.9 Å². The van der Waals surface area contributed by atoms with Gasteiger partial charge in [-0.2, -0.15) is 10.1 Å². The Morgan fingerprint density at radius 1 is 1.25 bits per heavy atom. The Balaban J connectivity index is 1.32. The molecule has 8 nitrogen and oxygen atoms in total. The molecular formula is C19H21ClN6O2. The summed E-state index contributed by atoms with van der Waals surface area (Å²) in [6.07, 6.45) is 4.55. The zero-order chi connectivity index (χ0) is 19.5. The van der Waals surface area contributed by atoms with Crippen molar-refractivity contribution in [2.24, 2.45) is 0 Å². The van der Waals surface area contributed by atoms with E-state index in [4.69, 9.17) is 22.1 Å². The number of nitrogen functional groups attached to an aromatic ring is 1. The Kier molecular flexibility index (Phi) is 5.29. The Morgan fingerprint density at radius 3 is 2.75 bits per heavy atom. The van der Waals surface area contributed by atoms with E-state index >= 15 is 0 Å². The minimum absolute atomic E-state index is 0.0805. The number of hydrogen-bond acceptors (Lipinski definition) is 6. The van der Waals surface area contributed by atoms with Gasteiger partial charge in [-0.3, -0.25) is 0 Å². The molecule has 0 spiro atoms. The van der Waals surface area contributed by atoms with E-state index < -0.39 is 0 Å². The fourth-order valence-corrected chi connectivity index (χ4v) is 3.70. The van der Waals surface area contributed by atoms with E-state index in [0.29, 0.717) is 16.9 Å². The normalized spacial score (nSPS) is 19.5. The number of carbonyl (C=O) groups excluding carboxylic acids is 1. The van der Waals surface area contributed by atoms with E-state index in [1.807, 2.05) is 35.0 Å². The lowest BCUT2D eigenvalue weighted by Gasteiger charge is -2.29. The van der Waals surface area contributed by atoms with Gasteiger partial charge < -0.3 is 15.8 Å². The SMILES string of the molecule is Nc1nn(C2CCC(NC(=O)OCc3ccccc3)CC2)c2nc(Cl)ncc12. The standard InChI is InChI=1S/C19H21ClN6O2/c20-18-22-10-15-16(21)25-26(17(15)24-18)14-8-6-13(7-9-14)23-19(27)28-11-12-4-2-1-3-5-12/h1-5,10,13-14H,6-9,11H2,(H2,21,25)(H,23,27). The predicted molar refractivity (Wildman–Crippen MR) is 106 cm³/mol. The van der Waals surface area contributed by atoms with Gasteiger partial charge in [-0.15, -0.1) is 0 Å². The maximum absolute atomic E-state index is 12.1. The number of carbonyl (C=O) groups is 1. The van der Waals surface area contributed by atoms with Crippen molar-refractivity contribution >= 4 is 34.5 Å². The molecule has 3 aromatic rings. The molecular weight excluding hydrogens is 380 g/mol. The second-order valence-electron chi connectivity index (χ2n) is 6.92. The molecule has 0 bridgehead atoms. The largest absolute Gasteiger partial charge is 0.445 e. The molecule has 4 rings (SSSR count). The minimum Gasteiger partial charge on any atom is -0.445 e. The van der Waals surface area contributed by atoms with Gasteiger partial charge in [0.15, 0.2) is 11.5 Å². The lowest BCUT2D eigenvalue weighted by atomic mass is 9.91. The highest BCUT2D eigenvalue weighted by molar-refractivity contribution is 6.28. The summed E-state index contributed by atoms with van der Waals surface area (Å²) in [5.41, 5.74) is 7.59. The van der Waals surface area contributed by atoms with Crippen molar-refractivity contribution in [1.82, 2.24) is 25.1 Å². The van der Waals surface area contributed by atoms with Crippen LogP contribution < -0.4 is 11.1 Å². The van der Waals surface area contributed by atoms with Crippen LogP contribution in [0.1, 0.15) is 37.3 Å². The average Bonchev–Trinajstić information content (AvgIpc) is 3.03. The van der Waals surface area contributed by atoms with Crippen LogP contribution in [0.3, 0.4) is 0 Å². The van der Waals surface area contributed by atoms with Crippen molar-refractivity contribution in [1.29, 1.82) is 0 Å². The molecule has 1 aromatic carbocycles. The molecule has 1 aliphatic carbocycles. The third-order valence-electron chi connectivity index (χ3n) is 5.02. The summed E-state index contributed by atoms with van der Waals surface area (Å²) in [6, 6.07) is 9.85. The maximum Gasteiger partial charge on any atom is 0.407 e. The molecule has 0 atom stereocenters. The fraction of sp³-hybridized carbons (Fsp3) is 0.368. The third-order valence-corrected chi connectivity index (χ3v) is 5.21. The number of rotatable bonds is 4. The van der Waals surface area contributed by atoms with Gasteiger partial charge in [-0.05, 0) is 42.8 Å². The first-order chi connectivity index (χ1) is 13.6. The van der Waals surface area contributed by atoms with Gasteiger partial charge in [0.25, 0.3) is 0 Å². The van der Waals surface area contributed by atoms with E-state index in [-0.39, 0.29) is 30.1 Å². The van der Waals surface area contributed by atoms with E-state index in [0.717, 1.165) is 31.2 Å². The molecule has 2 heterocycles. The Bertz CT molecular complexity index is 969. The number of ether oxygens (including phenoxy) is 1. The van der Waals surface area contributed by atoms with Crippen LogP contribution in [0.15, 0.2) is 36.5 Å². The molecule has 0 saturated heterocycles. The van der Waals surface area contributed by atoms with E-state index in [1.165, 1.54) is 0 Å². The Morgan fingerprint density at radius 2 is 2.00 bits per heavy atom. The molecule has 2 aromatic heterocycles. The number of alkyl carbamates (subject to hydrolysis) is 1. The lowest BCUT2D eigenvalue weighted by molar-refractivity contribution is 0.131. The van der Waals surface area contributed by atoms with Gasteiger partial charge in [0.2, 0.25) is 5.28 Å². The van der Waals surface area contributed by atoms with Gasteiger partial charge in [0.1, 0.15) is 6.61 Å². The summed E-state index contributed by atoms with van der Waals surface area (Å²) < 4.78 is 7.14. The summed E-state index contributed by atoms with van der Waals surface area (Å²) in [6.45, 7) is 0.265. The molecule has 1 amide bonds. The van der Waals surface area contributed by atoms with Gasteiger partial charge in [-0.25, -0.2) is 14.5 Å². The average molecular weight is 401 g/mol. The van der Waals surface area contributed by atoms with Crippen molar-refractivity contribution in [2.45, 2.75) is 44.4 Å². The highest BCUT2D eigenvalue weighted by Crippen LogP contribution is 2.32. The third kappa shape index (κ3) is 4.01. The van der Waals surface area contributed by atoms with E-state index in [2.05, 4.69) is 20.4 Å². The van der Waals surface area contributed by atoms with Crippen molar-refractivity contribution in [3.8, 4) is 0 Å². The smallest absolute Gasteiger partial charge is 0.407 e. The zero-order valence-electron chi connectivity index (χ0n) is 15.2. The van der Waals surface area contributed by atoms with Crippen LogP contribution in [-0.2, 0) is 11.3 Å². The highest BCUT2D eigenvalue weighted by atomic mass is 35.5. The van der Waals surface area contributed by atoms with Crippen LogP contribution in [0.2, 0.25) is 5.28 Å². The second-order valence-corrected chi connectivity index (χ2v) is 7.26. The van der Waals surface area contributed by atoms with Crippen molar-refractivity contribution in [2.75, 3.05) is 5.73 Å². The number of hydrogen-bond donors (Lipinski definition) is 2. The first kappa shape index (κ1) is 18.5. The summed E-state index contributed by atoms with van der Waals surface area (Å²) in [7, 11) is 0. The number of fused-ring (bicyclic) bond motifs is 1. The van der Waals surface area contributed by atoms with Crippen LogP contribution >= 0.6 is 11.6 Å². The first-order valence-electron chi connectivity index (χ1n) is 9.23. The second kappa shape index (κ2) is 8.02. The van der Waals surface area contributed by atoms with Gasteiger partial charge in [-0.1, -0.05) is 30.3 Å². The van der Waals surface area contributed by atoms with Crippen LogP contribution in [0.5, 0.6) is 0 Å². The fourth-order valence-electron chi connectivity index (χ4n) is 3.58. The monoisotopic (exact) mass is 400 g/mol. The Labute approximate surface area is 167 Å². The molecule has 1 fully saturated rings. The van der Waals surface area contributed by atoms with Crippen LogP contribution in [0, 0.1) is 0 Å². The summed E-state index contributed by atoms with van der Waals surface area (Å²) in [4.78, 5) is 20.3. The van der Waals surface area contributed by atoms with Crippen LogP contribution in [0.25, 0.3) is 11.0 Å². The van der Waals surface area contributed by atoms with E-state index in [1.54, 1.807) is 6.20 Å². The summed E-state index contributed by atoms with van der Waals surface area (Å²) >= 11 is 5.93. The minimum atomic E-state index is -0.388. The number of nitrogens with zero attached hydrogens (tertiary/aromatic N) is 4. The molecule has 9 heteroatoms. The Hall–Kier alpha value is -2.87. The molecule has 0 aliphatic heterocycles. The number of aromatic nitrogens is 4. The predicted octanol–water partition coefficient (Wildman–Crippen LogP) is 3.47. The first-order valence-corrected chi connectivity index (χ1v) is 9.61. The quantitative estimate of drug-likeness (QED) is 0.649. The molecule has 0 radical (unpaired) electrons. The maximum atomic E-state index is 12.1. The van der Waals surface area contributed by atoms with E-state index in [9.17, 15) is 4.79 Å². The molecule has 146 valence electrons. The molecule has 1 saturated carbocycles. The molecule has 28 heavy (non-hydrogen) atoms. The van der Waals surface area contributed by atoms with Crippen molar-refractivity contribution in [3.63, 3.8) is 0 Å². The lowest BCUT2D eigenvalue weighted by Crippen LogP contribution is -2.38. The molecule has 1 aliphatic rings.